The predicted molar refractivity (Wildman–Crippen MR) is 38.6 cm³/mol. The van der Waals surface area contributed by atoms with Crippen molar-refractivity contribution < 1.29 is 57.9 Å². The summed E-state index contributed by atoms with van der Waals surface area (Å²) in [6.07, 6.45) is 0.981. The Labute approximate surface area is 105 Å². The summed E-state index contributed by atoms with van der Waals surface area (Å²) in [5, 5.41) is 8.94. The Kier molecular flexibility index (Phi) is 5.68. The molecule has 0 aromatic heterocycles. The molecule has 0 fully saturated rings. The first-order valence-electron chi connectivity index (χ1n) is 3.11. The van der Waals surface area contributed by atoms with Gasteiger partial charge in [0.05, 0.1) is 0 Å². The van der Waals surface area contributed by atoms with Crippen LogP contribution in [0.3, 0.4) is 0 Å². The fourth-order valence-corrected chi connectivity index (χ4v) is 0.776. The molecule has 0 heterocycles. The van der Waals surface area contributed by atoms with Crippen molar-refractivity contribution >= 4 is 0 Å². The minimum absolute atomic E-state index is 0. The van der Waals surface area contributed by atoms with E-state index in [1.54, 1.807) is 12.1 Å². The SMILES string of the molecule is CCc1cccc(O)c1.[H-].[K+]. The molecule has 1 rings (SSSR count). The summed E-state index contributed by atoms with van der Waals surface area (Å²) in [6.45, 7) is 2.06. The number of hydrogen-bond donors (Lipinski definition) is 1. The van der Waals surface area contributed by atoms with E-state index < -0.39 is 0 Å². The Balaban J connectivity index is 0. The van der Waals surface area contributed by atoms with Crippen molar-refractivity contribution in [1.29, 1.82) is 0 Å². The summed E-state index contributed by atoms with van der Waals surface area (Å²) in [4.78, 5) is 0. The van der Waals surface area contributed by atoms with E-state index in [1.165, 1.54) is 5.56 Å². The van der Waals surface area contributed by atoms with E-state index in [4.69, 9.17) is 5.11 Å². The molecule has 50 valence electrons. The number of rotatable bonds is 1. The van der Waals surface area contributed by atoms with Crippen LogP contribution in [0.25, 0.3) is 0 Å². The van der Waals surface area contributed by atoms with Crippen LogP contribution >= 0.6 is 0 Å². The van der Waals surface area contributed by atoms with Gasteiger partial charge in [0.2, 0.25) is 0 Å². The van der Waals surface area contributed by atoms with Crippen LogP contribution in [-0.4, -0.2) is 5.11 Å². The minimum Gasteiger partial charge on any atom is -1.00 e. The number of benzene rings is 1. The normalized spacial score (nSPS) is 8.50. The summed E-state index contributed by atoms with van der Waals surface area (Å²) in [6, 6.07) is 7.31. The van der Waals surface area contributed by atoms with Crippen LogP contribution in [0.4, 0.5) is 0 Å². The molecule has 0 bridgehead atoms. The molecule has 1 N–H and O–H groups in total. The van der Waals surface area contributed by atoms with Crippen molar-refractivity contribution in [3.63, 3.8) is 0 Å². The molecular weight excluding hydrogens is 151 g/mol. The van der Waals surface area contributed by atoms with Crippen LogP contribution in [0, 0.1) is 0 Å². The van der Waals surface area contributed by atoms with E-state index >= 15 is 0 Å². The molecule has 0 aliphatic rings. The van der Waals surface area contributed by atoms with Gasteiger partial charge in [-0.2, -0.15) is 0 Å². The van der Waals surface area contributed by atoms with Gasteiger partial charge in [0.25, 0.3) is 0 Å². The molecule has 0 unspecified atom stereocenters. The second-order valence-corrected chi connectivity index (χ2v) is 2.02. The molecule has 0 saturated carbocycles. The number of phenols is 1. The van der Waals surface area contributed by atoms with Gasteiger partial charge in [0.15, 0.2) is 0 Å². The van der Waals surface area contributed by atoms with Crippen molar-refractivity contribution in [3.8, 4) is 5.75 Å². The summed E-state index contributed by atoms with van der Waals surface area (Å²) in [7, 11) is 0. The smallest absolute Gasteiger partial charge is 1.00 e. The van der Waals surface area contributed by atoms with Crippen LogP contribution in [0.5, 0.6) is 5.75 Å². The molecule has 1 nitrogen and oxygen atoms in total. The van der Waals surface area contributed by atoms with Crippen LogP contribution in [0.15, 0.2) is 24.3 Å². The number of aromatic hydroxyl groups is 1. The van der Waals surface area contributed by atoms with Crippen LogP contribution in [0.1, 0.15) is 13.9 Å². The summed E-state index contributed by atoms with van der Waals surface area (Å²) >= 11 is 0. The van der Waals surface area contributed by atoms with E-state index in [0.717, 1.165) is 6.42 Å². The molecule has 0 saturated heterocycles. The van der Waals surface area contributed by atoms with Crippen LogP contribution < -0.4 is 51.4 Å². The summed E-state index contributed by atoms with van der Waals surface area (Å²) < 4.78 is 0. The van der Waals surface area contributed by atoms with Crippen molar-refractivity contribution in [2.45, 2.75) is 13.3 Å². The van der Waals surface area contributed by atoms with Gasteiger partial charge in [0, 0.05) is 0 Å². The Morgan fingerprint density at radius 2 is 2.20 bits per heavy atom. The van der Waals surface area contributed by atoms with Gasteiger partial charge >= 0.3 is 51.4 Å². The third kappa shape index (κ3) is 3.17. The van der Waals surface area contributed by atoms with E-state index in [9.17, 15) is 0 Å². The molecule has 0 aliphatic heterocycles. The van der Waals surface area contributed by atoms with Gasteiger partial charge in [-0.15, -0.1) is 0 Å². The van der Waals surface area contributed by atoms with Crippen molar-refractivity contribution in [3.05, 3.63) is 29.8 Å². The van der Waals surface area contributed by atoms with E-state index in [2.05, 4.69) is 6.92 Å². The Morgan fingerprint density at radius 3 is 2.60 bits per heavy atom. The Morgan fingerprint density at radius 1 is 1.50 bits per heavy atom. The standard InChI is InChI=1S/C8H10O.K.H/c1-2-7-4-3-5-8(9)6-7;;/h3-6,9H,2H2,1H3;;/q;+1;-1. The topological polar surface area (TPSA) is 20.2 Å². The third-order valence-corrected chi connectivity index (χ3v) is 1.32. The quantitative estimate of drug-likeness (QED) is 0.529. The molecule has 0 radical (unpaired) electrons. The molecule has 0 aliphatic carbocycles. The first-order chi connectivity index (χ1) is 4.33. The Bertz CT molecular complexity index is 203. The largest absolute Gasteiger partial charge is 1.00 e. The second-order valence-electron chi connectivity index (χ2n) is 2.02. The van der Waals surface area contributed by atoms with Crippen molar-refractivity contribution in [2.24, 2.45) is 0 Å². The molecule has 2 heteroatoms. The molecule has 0 amide bonds. The fourth-order valence-electron chi connectivity index (χ4n) is 0.776. The molecule has 0 atom stereocenters. The van der Waals surface area contributed by atoms with E-state index in [-0.39, 0.29) is 52.8 Å². The zero-order chi connectivity index (χ0) is 6.69. The van der Waals surface area contributed by atoms with Crippen molar-refractivity contribution in [2.75, 3.05) is 0 Å². The number of hydrogen-bond acceptors (Lipinski definition) is 1. The maximum atomic E-state index is 8.94. The number of aryl methyl sites for hydroxylation is 1. The minimum atomic E-state index is 0. The molecular formula is C8H11KO. The fraction of sp³-hybridized carbons (Fsp3) is 0.250. The van der Waals surface area contributed by atoms with E-state index in [1.807, 2.05) is 12.1 Å². The van der Waals surface area contributed by atoms with Gasteiger partial charge in [-0.05, 0) is 24.1 Å². The van der Waals surface area contributed by atoms with Gasteiger partial charge in [0.1, 0.15) is 5.75 Å². The molecule has 0 spiro atoms. The van der Waals surface area contributed by atoms with Gasteiger partial charge < -0.3 is 6.53 Å². The second kappa shape index (κ2) is 5.33. The van der Waals surface area contributed by atoms with E-state index in [0.29, 0.717) is 5.75 Å². The van der Waals surface area contributed by atoms with Crippen LogP contribution in [0.2, 0.25) is 0 Å². The average molecular weight is 162 g/mol. The zero-order valence-electron chi connectivity index (χ0n) is 7.46. The Hall–Kier alpha value is 0.656. The van der Waals surface area contributed by atoms with Gasteiger partial charge in [-0.3, -0.25) is 0 Å². The van der Waals surface area contributed by atoms with Crippen LogP contribution in [-0.2, 0) is 6.42 Å². The zero-order valence-corrected chi connectivity index (χ0v) is 9.59. The summed E-state index contributed by atoms with van der Waals surface area (Å²) in [5.41, 5.74) is 1.18. The first kappa shape index (κ1) is 10.7. The monoisotopic (exact) mass is 162 g/mol. The van der Waals surface area contributed by atoms with Gasteiger partial charge in [-0.25, -0.2) is 0 Å². The average Bonchev–Trinajstić information content (AvgIpc) is 1.88. The first-order valence-corrected chi connectivity index (χ1v) is 3.11. The maximum Gasteiger partial charge on any atom is 1.00 e. The molecule has 1 aromatic rings. The number of phenolic OH excluding ortho intramolecular Hbond substituents is 1. The molecule has 1 aromatic carbocycles. The maximum absolute atomic E-state index is 8.94. The molecule has 10 heavy (non-hydrogen) atoms. The predicted octanol–water partition coefficient (Wildman–Crippen LogP) is -0.929. The van der Waals surface area contributed by atoms with Crippen molar-refractivity contribution in [1.82, 2.24) is 0 Å². The van der Waals surface area contributed by atoms with Gasteiger partial charge in [-0.1, -0.05) is 19.1 Å². The third-order valence-electron chi connectivity index (χ3n) is 1.32. The summed E-state index contributed by atoms with van der Waals surface area (Å²) in [5.74, 6) is 0.356.